The van der Waals surface area contributed by atoms with Gasteiger partial charge in [0.15, 0.2) is 0 Å². The van der Waals surface area contributed by atoms with Crippen LogP contribution < -0.4 is 15.4 Å². The predicted molar refractivity (Wildman–Crippen MR) is 81.8 cm³/mol. The normalized spacial score (nSPS) is 10.6. The van der Waals surface area contributed by atoms with Crippen molar-refractivity contribution in [2.24, 2.45) is 5.92 Å². The third kappa shape index (κ3) is 7.14. The standard InChI is InChI=1S/C16H26N2O2/c1-13(2)11-18-12-14-6-4-7-15(10-14)20-9-5-8-16(19)17-3/h4,6-7,10,13,18H,5,8-9,11-12H2,1-3H3,(H,17,19). The van der Waals surface area contributed by atoms with E-state index in [9.17, 15) is 4.79 Å². The van der Waals surface area contributed by atoms with Crippen molar-refractivity contribution in [1.82, 2.24) is 10.6 Å². The minimum atomic E-state index is 0.0558. The van der Waals surface area contributed by atoms with Crippen LogP contribution in [0.2, 0.25) is 0 Å². The van der Waals surface area contributed by atoms with Gasteiger partial charge in [0.2, 0.25) is 5.91 Å². The maximum Gasteiger partial charge on any atom is 0.219 e. The van der Waals surface area contributed by atoms with Crippen LogP contribution in [0.15, 0.2) is 24.3 Å². The molecule has 0 aliphatic rings. The van der Waals surface area contributed by atoms with Crippen LogP contribution in [0.5, 0.6) is 5.75 Å². The summed E-state index contributed by atoms with van der Waals surface area (Å²) in [6, 6.07) is 8.09. The molecule has 0 aliphatic carbocycles. The summed E-state index contributed by atoms with van der Waals surface area (Å²) < 4.78 is 5.66. The zero-order chi connectivity index (χ0) is 14.8. The number of carbonyl (C=O) groups excluding carboxylic acids is 1. The maximum atomic E-state index is 11.1. The molecule has 1 rings (SSSR count). The molecule has 0 aromatic heterocycles. The van der Waals surface area contributed by atoms with E-state index in [1.54, 1.807) is 7.05 Å². The van der Waals surface area contributed by atoms with E-state index in [1.165, 1.54) is 5.56 Å². The molecule has 0 atom stereocenters. The number of rotatable bonds is 9. The number of amides is 1. The molecule has 2 N–H and O–H groups in total. The van der Waals surface area contributed by atoms with Crippen LogP contribution in [0.1, 0.15) is 32.3 Å². The number of hydrogen-bond acceptors (Lipinski definition) is 3. The fourth-order valence-electron chi connectivity index (χ4n) is 1.80. The Balaban J connectivity index is 2.30. The molecule has 0 saturated heterocycles. The fraction of sp³-hybridized carbons (Fsp3) is 0.562. The van der Waals surface area contributed by atoms with Crippen LogP contribution in [0.4, 0.5) is 0 Å². The van der Waals surface area contributed by atoms with Crippen molar-refractivity contribution in [3.05, 3.63) is 29.8 Å². The first-order valence-corrected chi connectivity index (χ1v) is 7.25. The first kappa shape index (κ1) is 16.5. The van der Waals surface area contributed by atoms with Gasteiger partial charge in [0.25, 0.3) is 0 Å². The molecule has 1 aromatic carbocycles. The molecule has 112 valence electrons. The summed E-state index contributed by atoms with van der Waals surface area (Å²) in [4.78, 5) is 11.1. The summed E-state index contributed by atoms with van der Waals surface area (Å²) in [6.07, 6.45) is 1.24. The first-order valence-electron chi connectivity index (χ1n) is 7.25. The van der Waals surface area contributed by atoms with Crippen molar-refractivity contribution >= 4 is 5.91 Å². The maximum absolute atomic E-state index is 11.1. The molecule has 0 bridgehead atoms. The second kappa shape index (κ2) is 9.37. The first-order chi connectivity index (χ1) is 9.61. The van der Waals surface area contributed by atoms with Gasteiger partial charge in [0.05, 0.1) is 6.61 Å². The molecule has 20 heavy (non-hydrogen) atoms. The quantitative estimate of drug-likeness (QED) is 0.682. The van der Waals surface area contributed by atoms with Crippen LogP contribution in [0.25, 0.3) is 0 Å². The average molecular weight is 278 g/mol. The lowest BCUT2D eigenvalue weighted by molar-refractivity contribution is -0.120. The van der Waals surface area contributed by atoms with Gasteiger partial charge >= 0.3 is 0 Å². The highest BCUT2D eigenvalue weighted by Crippen LogP contribution is 2.13. The Morgan fingerprint density at radius 2 is 2.15 bits per heavy atom. The van der Waals surface area contributed by atoms with E-state index >= 15 is 0 Å². The number of carbonyl (C=O) groups is 1. The molecule has 1 amide bonds. The third-order valence-electron chi connectivity index (χ3n) is 2.88. The smallest absolute Gasteiger partial charge is 0.219 e. The highest BCUT2D eigenvalue weighted by atomic mass is 16.5. The minimum Gasteiger partial charge on any atom is -0.494 e. The molecule has 0 unspecified atom stereocenters. The summed E-state index contributed by atoms with van der Waals surface area (Å²) in [7, 11) is 1.65. The van der Waals surface area contributed by atoms with Crippen molar-refractivity contribution in [2.45, 2.75) is 33.2 Å². The van der Waals surface area contributed by atoms with Crippen LogP contribution >= 0.6 is 0 Å². The van der Waals surface area contributed by atoms with Gasteiger partial charge in [-0.1, -0.05) is 26.0 Å². The molecular weight excluding hydrogens is 252 g/mol. The highest BCUT2D eigenvalue weighted by Gasteiger charge is 2.00. The van der Waals surface area contributed by atoms with E-state index in [1.807, 2.05) is 18.2 Å². The van der Waals surface area contributed by atoms with Crippen LogP contribution in [0.3, 0.4) is 0 Å². The van der Waals surface area contributed by atoms with E-state index in [0.29, 0.717) is 18.9 Å². The molecule has 0 saturated carbocycles. The zero-order valence-corrected chi connectivity index (χ0v) is 12.7. The Bertz CT molecular complexity index is 405. The molecule has 0 aliphatic heterocycles. The second-order valence-electron chi connectivity index (χ2n) is 5.30. The summed E-state index contributed by atoms with van der Waals surface area (Å²) in [6.45, 7) is 6.82. The van der Waals surface area contributed by atoms with Gasteiger partial charge in [-0.25, -0.2) is 0 Å². The van der Waals surface area contributed by atoms with Gasteiger partial charge in [-0.2, -0.15) is 0 Å². The van der Waals surface area contributed by atoms with Crippen molar-refractivity contribution < 1.29 is 9.53 Å². The van der Waals surface area contributed by atoms with Gasteiger partial charge in [0.1, 0.15) is 5.75 Å². The van der Waals surface area contributed by atoms with Gasteiger partial charge < -0.3 is 15.4 Å². The fourth-order valence-corrected chi connectivity index (χ4v) is 1.80. The molecular formula is C16H26N2O2. The molecule has 4 heteroatoms. The highest BCUT2D eigenvalue weighted by molar-refractivity contribution is 5.75. The third-order valence-corrected chi connectivity index (χ3v) is 2.88. The lowest BCUT2D eigenvalue weighted by Gasteiger charge is -2.10. The van der Waals surface area contributed by atoms with Crippen molar-refractivity contribution in [2.75, 3.05) is 20.2 Å². The van der Waals surface area contributed by atoms with Crippen LogP contribution in [-0.2, 0) is 11.3 Å². The van der Waals surface area contributed by atoms with E-state index in [4.69, 9.17) is 4.74 Å². The van der Waals surface area contributed by atoms with Gasteiger partial charge in [-0.3, -0.25) is 4.79 Å². The molecule has 0 heterocycles. The monoisotopic (exact) mass is 278 g/mol. The van der Waals surface area contributed by atoms with Gasteiger partial charge in [-0.15, -0.1) is 0 Å². The predicted octanol–water partition coefficient (Wildman–Crippen LogP) is 2.34. The van der Waals surface area contributed by atoms with Gasteiger partial charge in [0, 0.05) is 20.0 Å². The van der Waals surface area contributed by atoms with E-state index < -0.39 is 0 Å². The number of benzene rings is 1. The lowest BCUT2D eigenvalue weighted by atomic mass is 10.2. The summed E-state index contributed by atoms with van der Waals surface area (Å²) >= 11 is 0. The number of ether oxygens (including phenoxy) is 1. The summed E-state index contributed by atoms with van der Waals surface area (Å²) in [5, 5.41) is 6.01. The van der Waals surface area contributed by atoms with Crippen molar-refractivity contribution in [3.63, 3.8) is 0 Å². The number of hydrogen-bond donors (Lipinski definition) is 2. The topological polar surface area (TPSA) is 50.4 Å². The second-order valence-corrected chi connectivity index (χ2v) is 5.30. The summed E-state index contributed by atoms with van der Waals surface area (Å²) in [5.74, 6) is 1.57. The van der Waals surface area contributed by atoms with Crippen molar-refractivity contribution in [3.8, 4) is 5.75 Å². The van der Waals surface area contributed by atoms with Crippen LogP contribution in [-0.4, -0.2) is 26.1 Å². The molecule has 0 spiro atoms. The minimum absolute atomic E-state index is 0.0558. The SMILES string of the molecule is CNC(=O)CCCOc1cccc(CNCC(C)C)c1. The largest absolute Gasteiger partial charge is 0.494 e. The van der Waals surface area contributed by atoms with E-state index in [-0.39, 0.29) is 5.91 Å². The molecule has 0 radical (unpaired) electrons. The lowest BCUT2D eigenvalue weighted by Crippen LogP contribution is -2.19. The van der Waals surface area contributed by atoms with Crippen molar-refractivity contribution in [1.29, 1.82) is 0 Å². The van der Waals surface area contributed by atoms with E-state index in [2.05, 4.69) is 30.5 Å². The van der Waals surface area contributed by atoms with E-state index in [0.717, 1.165) is 25.3 Å². The Hall–Kier alpha value is -1.55. The Morgan fingerprint density at radius 1 is 1.35 bits per heavy atom. The molecule has 4 nitrogen and oxygen atoms in total. The average Bonchev–Trinajstić information content (AvgIpc) is 2.43. The molecule has 1 aromatic rings. The summed E-state index contributed by atoms with van der Waals surface area (Å²) in [5.41, 5.74) is 1.22. The van der Waals surface area contributed by atoms with Crippen LogP contribution in [0, 0.1) is 5.92 Å². The number of nitrogens with one attached hydrogen (secondary N) is 2. The Kier molecular flexibility index (Phi) is 7.73. The Morgan fingerprint density at radius 3 is 2.85 bits per heavy atom. The Labute approximate surface area is 121 Å². The molecule has 0 fully saturated rings. The van der Waals surface area contributed by atoms with Gasteiger partial charge in [-0.05, 0) is 36.6 Å². The zero-order valence-electron chi connectivity index (χ0n) is 12.7.